The molecule has 0 saturated carbocycles. The van der Waals surface area contributed by atoms with E-state index in [9.17, 15) is 4.79 Å². The van der Waals surface area contributed by atoms with Crippen molar-refractivity contribution in [2.45, 2.75) is 26.7 Å². The molecule has 2 aromatic carbocycles. The number of benzene rings is 2. The predicted octanol–water partition coefficient (Wildman–Crippen LogP) is 5.37. The monoisotopic (exact) mass is 443 g/mol. The predicted molar refractivity (Wildman–Crippen MR) is 113 cm³/mol. The lowest BCUT2D eigenvalue weighted by Crippen LogP contribution is -2.05. The van der Waals surface area contributed by atoms with E-state index in [1.165, 1.54) is 0 Å². The van der Waals surface area contributed by atoms with Crippen LogP contribution in [0.1, 0.15) is 37.8 Å². The fourth-order valence-corrected chi connectivity index (χ4v) is 3.10. The second-order valence-electron chi connectivity index (χ2n) is 6.16. The van der Waals surface area contributed by atoms with Crippen LogP contribution in [0.4, 0.5) is 0 Å². The Morgan fingerprint density at radius 3 is 2.68 bits per heavy atom. The molecule has 5 nitrogen and oxygen atoms in total. The van der Waals surface area contributed by atoms with Crippen LogP contribution < -0.4 is 9.47 Å². The van der Waals surface area contributed by atoms with Crippen LogP contribution >= 0.6 is 15.9 Å². The maximum Gasteiger partial charge on any atom is 0.363 e. The van der Waals surface area contributed by atoms with Crippen LogP contribution in [0, 0.1) is 0 Å². The number of halogens is 1. The third-order valence-electron chi connectivity index (χ3n) is 4.05. The maximum absolute atomic E-state index is 12.2. The van der Waals surface area contributed by atoms with Gasteiger partial charge in [0.1, 0.15) is 0 Å². The summed E-state index contributed by atoms with van der Waals surface area (Å²) >= 11 is 3.45. The van der Waals surface area contributed by atoms with E-state index in [2.05, 4.69) is 27.8 Å². The first kappa shape index (κ1) is 20.1. The first-order valence-electron chi connectivity index (χ1n) is 9.29. The number of carbonyl (C=O) groups excluding carboxylic acids is 1. The quantitative estimate of drug-likeness (QED) is 0.312. The summed E-state index contributed by atoms with van der Waals surface area (Å²) in [6.07, 6.45) is 3.73. The number of nitrogens with zero attached hydrogens (tertiary/aromatic N) is 1. The van der Waals surface area contributed by atoms with E-state index in [1.807, 2.05) is 49.4 Å². The van der Waals surface area contributed by atoms with Crippen molar-refractivity contribution in [3.8, 4) is 11.5 Å². The Kier molecular flexibility index (Phi) is 6.87. The van der Waals surface area contributed by atoms with Crippen LogP contribution in [0.2, 0.25) is 0 Å². The fourth-order valence-electron chi connectivity index (χ4n) is 2.65. The van der Waals surface area contributed by atoms with Crippen molar-refractivity contribution >= 4 is 33.9 Å². The molecule has 1 aliphatic rings. The second-order valence-corrected chi connectivity index (χ2v) is 7.01. The van der Waals surface area contributed by atoms with Gasteiger partial charge in [-0.2, -0.15) is 0 Å². The largest absolute Gasteiger partial charge is 0.490 e. The molecule has 3 rings (SSSR count). The van der Waals surface area contributed by atoms with Crippen molar-refractivity contribution in [3.63, 3.8) is 0 Å². The molecule has 0 N–H and O–H groups in total. The molecular weight excluding hydrogens is 422 g/mol. The van der Waals surface area contributed by atoms with E-state index in [1.54, 1.807) is 6.08 Å². The number of hydrogen-bond acceptors (Lipinski definition) is 5. The zero-order valence-electron chi connectivity index (χ0n) is 15.9. The van der Waals surface area contributed by atoms with Gasteiger partial charge in [0.15, 0.2) is 17.2 Å². The number of aliphatic imine (C=N–C) groups is 1. The van der Waals surface area contributed by atoms with Crippen molar-refractivity contribution < 1.29 is 19.0 Å². The van der Waals surface area contributed by atoms with E-state index in [0.29, 0.717) is 24.7 Å². The van der Waals surface area contributed by atoms with E-state index in [0.717, 1.165) is 28.4 Å². The molecule has 0 saturated heterocycles. The molecule has 1 aliphatic heterocycles. The average molecular weight is 444 g/mol. The van der Waals surface area contributed by atoms with Crippen LogP contribution in [-0.2, 0) is 9.53 Å². The standard InChI is InChI=1S/C22H22BrNO4/c1-3-5-12-27-19-11-10-15(14-20(19)26-4-2)13-18-22(25)28-21(24-18)16-8-6-7-9-17(16)23/h6-11,13-14H,3-5,12H2,1-2H3/b18-13-. The molecule has 1 heterocycles. The Hall–Kier alpha value is -2.60. The van der Waals surface area contributed by atoms with Gasteiger partial charge < -0.3 is 14.2 Å². The Balaban J connectivity index is 1.86. The van der Waals surface area contributed by atoms with Crippen LogP contribution in [0.5, 0.6) is 11.5 Å². The van der Waals surface area contributed by atoms with E-state index >= 15 is 0 Å². The number of ether oxygens (including phenoxy) is 3. The molecule has 0 aromatic heterocycles. The summed E-state index contributed by atoms with van der Waals surface area (Å²) in [5.41, 5.74) is 1.76. The van der Waals surface area contributed by atoms with Gasteiger partial charge in [-0.3, -0.25) is 0 Å². The zero-order chi connectivity index (χ0) is 19.9. The van der Waals surface area contributed by atoms with Gasteiger partial charge >= 0.3 is 5.97 Å². The summed E-state index contributed by atoms with van der Waals surface area (Å²) in [7, 11) is 0. The van der Waals surface area contributed by atoms with Gasteiger partial charge in [0.25, 0.3) is 0 Å². The molecule has 6 heteroatoms. The smallest absolute Gasteiger partial charge is 0.363 e. The third-order valence-corrected chi connectivity index (χ3v) is 4.74. The average Bonchev–Trinajstić information content (AvgIpc) is 3.04. The normalized spacial score (nSPS) is 14.8. The number of carbonyl (C=O) groups is 1. The van der Waals surface area contributed by atoms with Crippen LogP contribution in [0.3, 0.4) is 0 Å². The Morgan fingerprint density at radius 2 is 1.93 bits per heavy atom. The maximum atomic E-state index is 12.2. The van der Waals surface area contributed by atoms with E-state index in [4.69, 9.17) is 14.2 Å². The van der Waals surface area contributed by atoms with Crippen LogP contribution in [0.25, 0.3) is 6.08 Å². The molecule has 0 bridgehead atoms. The lowest BCUT2D eigenvalue weighted by molar-refractivity contribution is -0.129. The summed E-state index contributed by atoms with van der Waals surface area (Å²) < 4.78 is 17.6. The Labute approximate surface area is 173 Å². The van der Waals surface area contributed by atoms with E-state index in [-0.39, 0.29) is 11.6 Å². The number of hydrogen-bond donors (Lipinski definition) is 0. The summed E-state index contributed by atoms with van der Waals surface area (Å²) in [6.45, 7) is 5.20. The lowest BCUT2D eigenvalue weighted by atomic mass is 10.1. The zero-order valence-corrected chi connectivity index (χ0v) is 17.5. The van der Waals surface area contributed by atoms with Crippen molar-refractivity contribution in [1.29, 1.82) is 0 Å². The van der Waals surface area contributed by atoms with Crippen molar-refractivity contribution in [1.82, 2.24) is 0 Å². The van der Waals surface area contributed by atoms with Gasteiger partial charge in [-0.25, -0.2) is 9.79 Å². The molecule has 0 atom stereocenters. The first-order chi connectivity index (χ1) is 13.6. The highest BCUT2D eigenvalue weighted by molar-refractivity contribution is 9.10. The number of cyclic esters (lactones) is 1. The number of esters is 1. The molecule has 28 heavy (non-hydrogen) atoms. The highest BCUT2D eigenvalue weighted by Gasteiger charge is 2.25. The molecular formula is C22H22BrNO4. The van der Waals surface area contributed by atoms with Gasteiger partial charge in [0.05, 0.1) is 18.8 Å². The molecule has 0 fully saturated rings. The number of rotatable bonds is 8. The van der Waals surface area contributed by atoms with E-state index < -0.39 is 5.97 Å². The highest BCUT2D eigenvalue weighted by Crippen LogP contribution is 2.30. The summed E-state index contributed by atoms with van der Waals surface area (Å²) in [4.78, 5) is 16.6. The van der Waals surface area contributed by atoms with Crippen molar-refractivity contribution in [3.05, 3.63) is 63.8 Å². The lowest BCUT2D eigenvalue weighted by Gasteiger charge is -2.12. The minimum Gasteiger partial charge on any atom is -0.490 e. The highest BCUT2D eigenvalue weighted by atomic mass is 79.9. The summed E-state index contributed by atoms with van der Waals surface area (Å²) in [5.74, 6) is 1.15. The van der Waals surface area contributed by atoms with Gasteiger partial charge in [-0.05, 0) is 65.2 Å². The molecule has 0 amide bonds. The molecule has 146 valence electrons. The topological polar surface area (TPSA) is 57.1 Å². The minimum atomic E-state index is -0.480. The van der Waals surface area contributed by atoms with Crippen LogP contribution in [0.15, 0.2) is 57.6 Å². The van der Waals surface area contributed by atoms with Crippen molar-refractivity contribution in [2.75, 3.05) is 13.2 Å². The third kappa shape index (κ3) is 4.81. The summed E-state index contributed by atoms with van der Waals surface area (Å²) in [5, 5.41) is 0. The van der Waals surface area contributed by atoms with Crippen LogP contribution in [-0.4, -0.2) is 25.1 Å². The molecule has 0 spiro atoms. The van der Waals surface area contributed by atoms with Crippen molar-refractivity contribution in [2.24, 2.45) is 4.99 Å². The molecule has 0 aliphatic carbocycles. The minimum absolute atomic E-state index is 0.243. The van der Waals surface area contributed by atoms with Gasteiger partial charge in [0, 0.05) is 4.47 Å². The SMILES string of the molecule is CCCCOc1ccc(/C=C2\N=C(c3ccccc3Br)OC2=O)cc1OCC. The summed E-state index contributed by atoms with van der Waals surface area (Å²) in [6, 6.07) is 13.0. The second kappa shape index (κ2) is 9.55. The Morgan fingerprint density at radius 1 is 1.11 bits per heavy atom. The first-order valence-corrected chi connectivity index (χ1v) is 10.1. The number of unbranched alkanes of at least 4 members (excludes halogenated alkanes) is 1. The molecule has 0 unspecified atom stereocenters. The Bertz CT molecular complexity index is 921. The van der Waals surface area contributed by atoms with Gasteiger partial charge in [0.2, 0.25) is 5.90 Å². The molecule has 2 aromatic rings. The van der Waals surface area contributed by atoms with Gasteiger partial charge in [-0.15, -0.1) is 0 Å². The fraction of sp³-hybridized carbons (Fsp3) is 0.273. The van der Waals surface area contributed by atoms with Gasteiger partial charge in [-0.1, -0.05) is 31.5 Å². The molecule has 0 radical (unpaired) electrons.